The average Bonchev–Trinajstić information content (AvgIpc) is 2.37. The van der Waals surface area contributed by atoms with Gasteiger partial charge in [-0.05, 0) is 31.5 Å². The van der Waals surface area contributed by atoms with Gasteiger partial charge in [-0.1, -0.05) is 13.3 Å². The van der Waals surface area contributed by atoms with E-state index in [1.165, 1.54) is 6.92 Å². The Morgan fingerprint density at radius 2 is 1.83 bits per heavy atom. The van der Waals surface area contributed by atoms with E-state index in [4.69, 9.17) is 4.74 Å². The number of hydrogen-bond acceptors (Lipinski definition) is 3. The molecule has 0 saturated carbocycles. The predicted octanol–water partition coefficient (Wildman–Crippen LogP) is 3.58. The van der Waals surface area contributed by atoms with Crippen LogP contribution in [0.25, 0.3) is 0 Å². The Kier molecular flexibility index (Phi) is 8.92. The Morgan fingerprint density at radius 3 is 2.29 bits per heavy atom. The Hall–Kier alpha value is -1.93. The lowest BCUT2D eigenvalue weighted by Crippen LogP contribution is -2.41. The first-order valence-corrected chi connectivity index (χ1v) is 6.68. The molecular weight excluding hydrogens is 334 g/mol. The molecule has 0 bridgehead atoms. The number of hydrogen-bond donors (Lipinski definition) is 0. The first-order chi connectivity index (χ1) is 9.75. The maximum absolute atomic E-state index is 12.7. The van der Waals surface area contributed by atoms with Crippen LogP contribution >= 0.6 is 0 Å². The van der Waals surface area contributed by atoms with E-state index in [-0.39, 0.29) is 34.9 Å². The van der Waals surface area contributed by atoms with E-state index in [0.29, 0.717) is 12.8 Å². The van der Waals surface area contributed by atoms with Gasteiger partial charge in [0.15, 0.2) is 5.78 Å². The summed E-state index contributed by atoms with van der Waals surface area (Å²) in [6.07, 6.45) is -4.10. The highest BCUT2D eigenvalue weighted by molar-refractivity contribution is 6.12. The number of ketones is 2. The molecule has 1 aromatic carbocycles. The second-order valence-electron chi connectivity index (χ2n) is 5.11. The first kappa shape index (κ1) is 24.3. The lowest BCUT2D eigenvalue weighted by molar-refractivity contribution is -0.138. The largest absolute Gasteiger partial charge is 0.488 e. The molecule has 2 atom stereocenters. The van der Waals surface area contributed by atoms with Gasteiger partial charge in [-0.25, -0.2) is 0 Å². The molecule has 133 valence electrons. The summed E-state index contributed by atoms with van der Waals surface area (Å²) in [6, 6.07) is 2.74. The molecule has 3 nitrogen and oxygen atoms in total. The third-order valence-electron chi connectivity index (χ3n) is 3.52. The maximum Gasteiger partial charge on any atom is 0.416 e. The Bertz CT molecular complexity index is 589. The van der Waals surface area contributed by atoms with Gasteiger partial charge in [0.05, 0.1) is 11.1 Å². The van der Waals surface area contributed by atoms with Gasteiger partial charge in [-0.15, -0.1) is 0 Å². The van der Waals surface area contributed by atoms with Crippen LogP contribution in [-0.2, 0) is 11.0 Å². The van der Waals surface area contributed by atoms with E-state index in [9.17, 15) is 22.8 Å². The van der Waals surface area contributed by atoms with Crippen molar-refractivity contribution in [2.24, 2.45) is 5.92 Å². The van der Waals surface area contributed by atoms with Crippen LogP contribution < -0.4 is 4.74 Å². The van der Waals surface area contributed by atoms with Crippen LogP contribution in [0.15, 0.2) is 18.2 Å². The van der Waals surface area contributed by atoms with Gasteiger partial charge in [0, 0.05) is 8.41 Å². The van der Waals surface area contributed by atoms with Gasteiger partial charge in [-0.3, -0.25) is 19.0 Å². The molecule has 9 heteroatoms. The third kappa shape index (κ3) is 4.55. The predicted molar refractivity (Wildman–Crippen MR) is 80.0 cm³/mol. The number of rotatable bonds is 3. The van der Waals surface area contributed by atoms with Crippen molar-refractivity contribution in [3.8, 4) is 5.75 Å². The number of alkyl halides is 3. The third-order valence-corrected chi connectivity index (χ3v) is 3.52. The van der Waals surface area contributed by atoms with Crippen LogP contribution in [0.2, 0.25) is 0 Å². The highest BCUT2D eigenvalue weighted by Gasteiger charge is 2.41. The molecular formula is C15H17BF5O3. The van der Waals surface area contributed by atoms with Gasteiger partial charge < -0.3 is 4.74 Å². The molecule has 0 spiro atoms. The lowest BCUT2D eigenvalue weighted by atomic mass is 9.84. The zero-order chi connectivity index (χ0) is 15.8. The van der Waals surface area contributed by atoms with Gasteiger partial charge in [0.2, 0.25) is 0 Å². The molecule has 0 amide bonds. The molecule has 0 aromatic heterocycles. The van der Waals surface area contributed by atoms with Crippen molar-refractivity contribution in [3.63, 3.8) is 0 Å². The molecule has 0 saturated heterocycles. The normalized spacial score (nSPS) is 19.0. The minimum absolute atomic E-state index is 0. The molecule has 24 heavy (non-hydrogen) atoms. The molecule has 1 aromatic rings. The second kappa shape index (κ2) is 8.80. The van der Waals surface area contributed by atoms with Gasteiger partial charge >= 0.3 is 6.18 Å². The number of fused-ring (bicyclic) bond motifs is 1. The Labute approximate surface area is 137 Å². The fraction of sp³-hybridized carbons (Fsp3) is 0.467. The first-order valence-electron chi connectivity index (χ1n) is 6.68. The highest BCUT2D eigenvalue weighted by Crippen LogP contribution is 2.38. The molecule has 3 radical (unpaired) electrons. The zero-order valence-electron chi connectivity index (χ0n) is 13.1. The van der Waals surface area contributed by atoms with Crippen molar-refractivity contribution in [2.45, 2.75) is 39.0 Å². The van der Waals surface area contributed by atoms with Crippen LogP contribution in [0.4, 0.5) is 22.6 Å². The number of benzene rings is 1. The van der Waals surface area contributed by atoms with Crippen LogP contribution in [0.3, 0.4) is 0 Å². The van der Waals surface area contributed by atoms with Crippen molar-refractivity contribution < 1.29 is 36.9 Å². The van der Waals surface area contributed by atoms with E-state index in [2.05, 4.69) is 0 Å². The quantitative estimate of drug-likeness (QED) is 0.475. The highest BCUT2D eigenvalue weighted by atomic mass is 19.4. The van der Waals surface area contributed by atoms with Gasteiger partial charge in [0.25, 0.3) is 0 Å². The van der Waals surface area contributed by atoms with Gasteiger partial charge in [-0.2, -0.15) is 13.2 Å². The smallest absolute Gasteiger partial charge is 0.416 e. The van der Waals surface area contributed by atoms with Crippen LogP contribution in [-0.4, -0.2) is 26.1 Å². The number of carbonyl (C=O) groups is 2. The lowest BCUT2D eigenvalue weighted by Gasteiger charge is -2.31. The fourth-order valence-corrected chi connectivity index (χ4v) is 2.52. The second-order valence-corrected chi connectivity index (χ2v) is 5.11. The Morgan fingerprint density at radius 1 is 1.25 bits per heavy atom. The minimum atomic E-state index is -4.50. The van der Waals surface area contributed by atoms with E-state index in [1.807, 2.05) is 6.92 Å². The summed E-state index contributed by atoms with van der Waals surface area (Å²) in [5.41, 5.74) is -0.832. The van der Waals surface area contributed by atoms with E-state index in [0.717, 1.165) is 18.2 Å². The number of Topliss-reactive ketones (excluding diaryl/α,β-unsaturated/α-hetero) is 2. The van der Waals surface area contributed by atoms with E-state index in [1.54, 1.807) is 0 Å². The summed E-state index contributed by atoms with van der Waals surface area (Å²) in [6.45, 7) is 3.15. The zero-order valence-corrected chi connectivity index (χ0v) is 13.1. The standard InChI is InChI=1S/C15H15F3O3.B.2FH/c1-3-4-11-13(8(2)19)14(20)10-6-5-9(15(16,17)18)7-12(10)21-11;;;/h5-7,11,13H,3-4H2,1-2H3;;2*1H. The topological polar surface area (TPSA) is 43.4 Å². The monoisotopic (exact) mass is 351 g/mol. The van der Waals surface area contributed by atoms with Crippen LogP contribution in [0, 0.1) is 5.92 Å². The number of halogens is 5. The summed E-state index contributed by atoms with van der Waals surface area (Å²) < 4.78 is 43.6. The molecule has 2 unspecified atom stereocenters. The molecule has 1 aliphatic rings. The summed E-state index contributed by atoms with van der Waals surface area (Å²) >= 11 is 0. The van der Waals surface area contributed by atoms with Crippen molar-refractivity contribution in [1.29, 1.82) is 0 Å². The minimum Gasteiger partial charge on any atom is -0.488 e. The molecule has 0 aliphatic carbocycles. The summed E-state index contributed by atoms with van der Waals surface area (Å²) in [7, 11) is 0. The van der Waals surface area contributed by atoms with Crippen molar-refractivity contribution >= 4 is 20.0 Å². The summed E-state index contributed by atoms with van der Waals surface area (Å²) in [5, 5.41) is 0. The molecule has 2 rings (SSSR count). The van der Waals surface area contributed by atoms with Crippen LogP contribution in [0.5, 0.6) is 5.75 Å². The molecule has 1 aliphatic heterocycles. The maximum atomic E-state index is 12.7. The summed E-state index contributed by atoms with van der Waals surface area (Å²) in [5.74, 6) is -1.82. The van der Waals surface area contributed by atoms with E-state index >= 15 is 0 Å². The molecule has 0 N–H and O–H groups in total. The van der Waals surface area contributed by atoms with Crippen molar-refractivity contribution in [2.75, 3.05) is 0 Å². The van der Waals surface area contributed by atoms with Crippen molar-refractivity contribution in [1.82, 2.24) is 0 Å². The van der Waals surface area contributed by atoms with E-state index < -0.39 is 29.5 Å². The summed E-state index contributed by atoms with van der Waals surface area (Å²) in [4.78, 5) is 24.0. The number of ether oxygens (including phenoxy) is 1. The average molecular weight is 351 g/mol. The molecule has 1 heterocycles. The van der Waals surface area contributed by atoms with Gasteiger partial charge in [0.1, 0.15) is 23.6 Å². The van der Waals surface area contributed by atoms with Crippen molar-refractivity contribution in [3.05, 3.63) is 29.3 Å². The van der Waals surface area contributed by atoms with Crippen LogP contribution in [0.1, 0.15) is 42.6 Å². The Balaban J connectivity index is 0. The molecule has 0 fully saturated rings. The fourth-order valence-electron chi connectivity index (χ4n) is 2.52. The number of carbonyl (C=O) groups excluding carboxylic acids is 2. The SMILES string of the molecule is CCCC1Oc2cc(C(F)(F)F)ccc2C(=O)C1C(C)=O.F.F.[B].